The summed E-state index contributed by atoms with van der Waals surface area (Å²) in [7, 11) is 3.32. The predicted molar refractivity (Wildman–Crippen MR) is 175 cm³/mol. The van der Waals surface area contributed by atoms with E-state index < -0.39 is 0 Å². The summed E-state index contributed by atoms with van der Waals surface area (Å²) >= 11 is 0. The summed E-state index contributed by atoms with van der Waals surface area (Å²) < 4.78 is 0. The minimum Gasteiger partial charge on any atom is -0.316 e. The molecule has 2 aromatic rings. The van der Waals surface area contributed by atoms with E-state index in [1.165, 1.54) is 50.5 Å². The first kappa shape index (κ1) is 35.2. The van der Waals surface area contributed by atoms with Crippen molar-refractivity contribution in [2.45, 2.75) is 115 Å². The molecular formula is C34H58FeN2P2. The Balaban J connectivity index is 0.000000797. The predicted octanol–water partition coefficient (Wildman–Crippen LogP) is 8.75. The van der Waals surface area contributed by atoms with Gasteiger partial charge >= 0.3 is 17.1 Å². The second kappa shape index (κ2) is 14.5. The van der Waals surface area contributed by atoms with Crippen molar-refractivity contribution < 1.29 is 17.1 Å². The molecule has 2 N–H and O–H groups in total. The summed E-state index contributed by atoms with van der Waals surface area (Å²) in [5.74, 6) is 1.37. The first-order valence-corrected chi connectivity index (χ1v) is 17.2. The number of hydrogen-bond donors (Lipinski definition) is 2. The molecule has 3 atom stereocenters. The van der Waals surface area contributed by atoms with Gasteiger partial charge in [-0.15, -0.1) is 17.2 Å². The summed E-state index contributed by atoms with van der Waals surface area (Å²) in [5.41, 5.74) is 5.04. The van der Waals surface area contributed by atoms with Gasteiger partial charge in [0.2, 0.25) is 0 Å². The molecule has 0 aromatic heterocycles. The van der Waals surface area contributed by atoms with Gasteiger partial charge < -0.3 is 10.6 Å². The standard InChI is InChI=1S/C29H53N2P2.C5H5.Fe/c1-26(2,3)24-16-21(20-33(27(4,5)6)28(7,8)9)25(17-24)29(32,22-12-10-14-30-18-22)23-13-11-15-31-19-23;1-2-4-5-3-1;/h16-17,22-23,30-31H,10-15,18-20,32H2,1-9H3;1-5H;/q2*-1;+2. The van der Waals surface area contributed by atoms with Crippen LogP contribution in [0, 0.1) is 11.8 Å². The molecule has 0 spiro atoms. The maximum absolute atomic E-state index is 3.77. The molecule has 39 heavy (non-hydrogen) atoms. The third-order valence-corrected chi connectivity index (χ3v) is 13.9. The van der Waals surface area contributed by atoms with E-state index in [2.05, 4.69) is 94.3 Å². The van der Waals surface area contributed by atoms with Crippen LogP contribution in [0.15, 0.2) is 42.5 Å². The van der Waals surface area contributed by atoms with Crippen LogP contribution in [-0.4, -0.2) is 36.5 Å². The molecule has 2 aliphatic rings. The molecule has 3 unspecified atom stereocenters. The molecular weight excluding hydrogens is 554 g/mol. The Morgan fingerprint density at radius 2 is 1.33 bits per heavy atom. The Bertz CT molecular complexity index is 898. The van der Waals surface area contributed by atoms with E-state index in [4.69, 9.17) is 0 Å². The van der Waals surface area contributed by atoms with Crippen LogP contribution in [0.4, 0.5) is 0 Å². The molecule has 0 amide bonds. The average molecular weight is 613 g/mol. The van der Waals surface area contributed by atoms with Crippen LogP contribution >= 0.6 is 17.2 Å². The third-order valence-electron chi connectivity index (χ3n) is 8.76. The molecule has 2 aliphatic heterocycles. The van der Waals surface area contributed by atoms with Gasteiger partial charge in [-0.2, -0.15) is 41.0 Å². The molecule has 0 aliphatic carbocycles. The fraction of sp³-hybridized carbons (Fsp3) is 0.706. The number of piperidine rings is 2. The SMILES string of the molecule is CC(C)(C)c1cc(CP(C(C)(C)C)C(C)(C)C)c(C(P)(C2CCCNC2)C2CCCNC2)[cH-]1.[Fe+2].c1cc[cH-]c1. The van der Waals surface area contributed by atoms with Crippen LogP contribution in [0.2, 0.25) is 0 Å². The second-order valence-electron chi connectivity index (χ2n) is 14.8. The zero-order valence-corrected chi connectivity index (χ0v) is 29.6. The fourth-order valence-corrected chi connectivity index (χ4v) is 11.2. The molecule has 2 aromatic carbocycles. The largest absolute Gasteiger partial charge is 2.00 e. The van der Waals surface area contributed by atoms with Crippen molar-refractivity contribution >= 4 is 17.2 Å². The van der Waals surface area contributed by atoms with E-state index in [0.29, 0.717) is 22.1 Å². The maximum atomic E-state index is 3.77. The molecule has 2 nitrogen and oxygen atoms in total. The second-order valence-corrected chi connectivity index (χ2v) is 19.7. The van der Waals surface area contributed by atoms with Crippen molar-refractivity contribution in [3.63, 3.8) is 0 Å². The monoisotopic (exact) mass is 612 g/mol. The van der Waals surface area contributed by atoms with Gasteiger partial charge in [-0.05, 0) is 84.6 Å². The molecule has 222 valence electrons. The van der Waals surface area contributed by atoms with Gasteiger partial charge in [-0.25, -0.2) is 18.2 Å². The van der Waals surface area contributed by atoms with Crippen LogP contribution in [-0.2, 0) is 33.8 Å². The van der Waals surface area contributed by atoms with E-state index in [1.54, 1.807) is 11.1 Å². The van der Waals surface area contributed by atoms with E-state index in [0.717, 1.165) is 13.1 Å². The maximum Gasteiger partial charge on any atom is 2.00 e. The van der Waals surface area contributed by atoms with Gasteiger partial charge in [0.1, 0.15) is 0 Å². The van der Waals surface area contributed by atoms with E-state index in [-0.39, 0.29) is 35.6 Å². The van der Waals surface area contributed by atoms with Gasteiger partial charge in [0.15, 0.2) is 0 Å². The van der Waals surface area contributed by atoms with Crippen molar-refractivity contribution in [1.82, 2.24) is 10.6 Å². The van der Waals surface area contributed by atoms with Crippen molar-refractivity contribution in [3.05, 3.63) is 59.2 Å². The molecule has 0 saturated carbocycles. The summed E-state index contributed by atoms with van der Waals surface area (Å²) in [4.78, 5) is 0. The number of nitrogens with one attached hydrogen (secondary N) is 2. The zero-order chi connectivity index (χ0) is 28.2. The van der Waals surface area contributed by atoms with Crippen molar-refractivity contribution in [2.75, 3.05) is 26.2 Å². The topological polar surface area (TPSA) is 24.1 Å². The van der Waals surface area contributed by atoms with Gasteiger partial charge in [0.05, 0.1) is 0 Å². The van der Waals surface area contributed by atoms with Crippen LogP contribution in [0.1, 0.15) is 105 Å². The first-order chi connectivity index (χ1) is 17.6. The van der Waals surface area contributed by atoms with Crippen molar-refractivity contribution in [3.8, 4) is 0 Å². The average Bonchev–Trinajstić information content (AvgIpc) is 3.55. The Labute approximate surface area is 256 Å². The Morgan fingerprint density at radius 1 is 0.846 bits per heavy atom. The minimum atomic E-state index is -0.180. The molecule has 0 radical (unpaired) electrons. The summed E-state index contributed by atoms with van der Waals surface area (Å²) in [5, 5.41) is 8.36. The van der Waals surface area contributed by atoms with Crippen LogP contribution in [0.5, 0.6) is 0 Å². The molecule has 2 fully saturated rings. The first-order valence-electron chi connectivity index (χ1n) is 15.1. The van der Waals surface area contributed by atoms with E-state index in [1.807, 2.05) is 30.3 Å². The van der Waals surface area contributed by atoms with E-state index in [9.17, 15) is 0 Å². The van der Waals surface area contributed by atoms with Crippen LogP contribution in [0.3, 0.4) is 0 Å². The summed E-state index contributed by atoms with van der Waals surface area (Å²) in [6, 6.07) is 15.3. The quantitative estimate of drug-likeness (QED) is 0.201. The van der Waals surface area contributed by atoms with Crippen molar-refractivity contribution in [2.24, 2.45) is 11.8 Å². The van der Waals surface area contributed by atoms with Crippen molar-refractivity contribution in [1.29, 1.82) is 0 Å². The number of hydrogen-bond acceptors (Lipinski definition) is 2. The van der Waals surface area contributed by atoms with E-state index >= 15 is 0 Å². The molecule has 2 saturated heterocycles. The minimum absolute atomic E-state index is 0. The van der Waals surface area contributed by atoms with Gasteiger partial charge in [-0.1, -0.05) is 68.5 Å². The zero-order valence-electron chi connectivity index (χ0n) is 26.4. The Kier molecular flexibility index (Phi) is 13.0. The Morgan fingerprint density at radius 3 is 1.67 bits per heavy atom. The Hall–Kier alpha value is -0.000519. The third kappa shape index (κ3) is 9.24. The van der Waals surface area contributed by atoms with Gasteiger partial charge in [0.25, 0.3) is 0 Å². The van der Waals surface area contributed by atoms with Gasteiger partial charge in [-0.3, -0.25) is 0 Å². The summed E-state index contributed by atoms with van der Waals surface area (Å²) in [6.45, 7) is 26.7. The van der Waals surface area contributed by atoms with Gasteiger partial charge in [0, 0.05) is 0 Å². The molecule has 2 heterocycles. The number of rotatable bonds is 5. The normalized spacial score (nSPS) is 22.4. The molecule has 5 heteroatoms. The summed E-state index contributed by atoms with van der Waals surface area (Å²) in [6.07, 6.45) is 6.54. The molecule has 0 bridgehead atoms. The smallest absolute Gasteiger partial charge is 0.316 e. The molecule has 4 rings (SSSR count). The van der Waals surface area contributed by atoms with Crippen LogP contribution < -0.4 is 10.6 Å². The van der Waals surface area contributed by atoms with Crippen LogP contribution in [0.25, 0.3) is 0 Å². The fourth-order valence-electron chi connectivity index (χ4n) is 6.79.